The summed E-state index contributed by atoms with van der Waals surface area (Å²) >= 11 is 0. The van der Waals surface area contributed by atoms with E-state index in [1.165, 1.54) is 0 Å². The molecular weight excluding hydrogens is 523 g/mol. The van der Waals surface area contributed by atoms with Crippen LogP contribution in [0, 0.1) is 0 Å². The van der Waals surface area contributed by atoms with Gasteiger partial charge in [-0.2, -0.15) is 0 Å². The van der Waals surface area contributed by atoms with Crippen molar-refractivity contribution >= 4 is 42.6 Å². The van der Waals surface area contributed by atoms with Gasteiger partial charge >= 0.3 is 0 Å². The van der Waals surface area contributed by atoms with Gasteiger partial charge in [-0.1, -0.05) is 60.7 Å². The van der Waals surface area contributed by atoms with Gasteiger partial charge < -0.3 is 21.7 Å². The van der Waals surface area contributed by atoms with Gasteiger partial charge in [0.2, 0.25) is 17.8 Å². The van der Waals surface area contributed by atoms with Gasteiger partial charge in [0.05, 0.1) is 6.04 Å². The van der Waals surface area contributed by atoms with Crippen LogP contribution in [0.1, 0.15) is 47.6 Å². The Kier molecular flexibility index (Phi) is 10.1. The first-order chi connectivity index (χ1) is 17.5. The van der Waals surface area contributed by atoms with E-state index in [2.05, 4.69) is 15.3 Å². The number of likely N-dealkylation sites (tertiary alicyclic amines) is 1. The molecule has 1 unspecified atom stereocenters. The van der Waals surface area contributed by atoms with Crippen molar-refractivity contribution in [2.75, 3.05) is 12.3 Å². The Morgan fingerprint density at radius 1 is 0.974 bits per heavy atom. The molecule has 2 heterocycles. The molecule has 0 spiro atoms. The molecule has 202 valence electrons. The number of benzene rings is 2. The molecule has 1 aliphatic heterocycles. The van der Waals surface area contributed by atoms with Gasteiger partial charge in [-0.25, -0.2) is 9.97 Å². The van der Waals surface area contributed by atoms with Gasteiger partial charge in [-0.3, -0.25) is 9.59 Å². The number of amides is 2. The Hall–Kier alpha value is -3.20. The minimum absolute atomic E-state index is 0. The van der Waals surface area contributed by atoms with Crippen molar-refractivity contribution in [3.63, 3.8) is 0 Å². The van der Waals surface area contributed by atoms with Crippen LogP contribution in [0.4, 0.5) is 5.95 Å². The normalized spacial score (nSPS) is 19.1. The largest absolute Gasteiger partial charge is 0.368 e. The fraction of sp³-hybridized carbons (Fsp3) is 0.357. The topological polar surface area (TPSA) is 127 Å². The molecule has 1 aromatic heterocycles. The standard InChI is InChI=1S/C28H32N6O2.2ClH/c29-25(24(18-8-3-1-4-9-18)19-10-5-2-6-11-19)27(36)34-15-7-12-23(34)26(35)32-21-13-14-22-20(16-21)17-31-28(30)33-22;;/h1-6,8-11,17,21,23-25H,7,12-16,29H2,(H,32,35)(H2,30,31,33);2*1H/t21?,23-,25-;;/m0../s1. The van der Waals surface area contributed by atoms with Crippen LogP contribution in [0.25, 0.3) is 0 Å². The van der Waals surface area contributed by atoms with E-state index in [0.29, 0.717) is 19.4 Å². The summed E-state index contributed by atoms with van der Waals surface area (Å²) in [6, 6.07) is 18.4. The number of nitrogens with two attached hydrogens (primary N) is 2. The molecule has 3 atom stereocenters. The zero-order chi connectivity index (χ0) is 25.1. The maximum absolute atomic E-state index is 13.7. The second kappa shape index (κ2) is 13.0. The average Bonchev–Trinajstić information content (AvgIpc) is 3.40. The Morgan fingerprint density at radius 3 is 2.24 bits per heavy atom. The maximum Gasteiger partial charge on any atom is 0.243 e. The molecule has 0 radical (unpaired) electrons. The molecule has 1 aliphatic carbocycles. The van der Waals surface area contributed by atoms with Crippen molar-refractivity contribution in [3.05, 3.63) is 89.2 Å². The van der Waals surface area contributed by atoms with Gasteiger partial charge in [0.15, 0.2) is 0 Å². The lowest BCUT2D eigenvalue weighted by molar-refractivity contribution is -0.140. The SMILES string of the molecule is Cl.Cl.Nc1ncc2c(n1)CCC(NC(=O)[C@@H]1CCCN1C(=O)[C@@H](N)C(c1ccccc1)c1ccccc1)C2. The fourth-order valence-electron chi connectivity index (χ4n) is 5.51. The highest BCUT2D eigenvalue weighted by atomic mass is 35.5. The quantitative estimate of drug-likeness (QED) is 0.428. The first-order valence-corrected chi connectivity index (χ1v) is 12.6. The molecule has 1 saturated heterocycles. The lowest BCUT2D eigenvalue weighted by Gasteiger charge is -2.32. The van der Waals surface area contributed by atoms with Gasteiger partial charge in [0.25, 0.3) is 0 Å². The number of anilines is 1. The van der Waals surface area contributed by atoms with Crippen LogP contribution in [-0.2, 0) is 22.4 Å². The molecule has 8 nitrogen and oxygen atoms in total. The summed E-state index contributed by atoms with van der Waals surface area (Å²) in [4.78, 5) is 37.1. The summed E-state index contributed by atoms with van der Waals surface area (Å²) in [6.07, 6.45) is 5.33. The Morgan fingerprint density at radius 2 is 1.61 bits per heavy atom. The number of nitrogens with zero attached hydrogens (tertiary/aromatic N) is 3. The van der Waals surface area contributed by atoms with Crippen molar-refractivity contribution in [1.29, 1.82) is 0 Å². The number of nitrogens with one attached hydrogen (secondary N) is 1. The smallest absolute Gasteiger partial charge is 0.243 e. The monoisotopic (exact) mass is 556 g/mol. The minimum atomic E-state index is -0.799. The number of aromatic nitrogens is 2. The first-order valence-electron chi connectivity index (χ1n) is 12.6. The zero-order valence-electron chi connectivity index (χ0n) is 21.0. The van der Waals surface area contributed by atoms with Gasteiger partial charge in [-0.05, 0) is 48.8 Å². The third-order valence-electron chi connectivity index (χ3n) is 7.32. The Labute approximate surface area is 235 Å². The average molecular weight is 558 g/mol. The van der Waals surface area contributed by atoms with E-state index < -0.39 is 12.1 Å². The highest BCUT2D eigenvalue weighted by Gasteiger charge is 2.39. The summed E-state index contributed by atoms with van der Waals surface area (Å²) in [7, 11) is 0. The van der Waals surface area contributed by atoms with Gasteiger partial charge in [0, 0.05) is 30.4 Å². The minimum Gasteiger partial charge on any atom is -0.368 e. The second-order valence-electron chi connectivity index (χ2n) is 9.66. The van der Waals surface area contributed by atoms with E-state index in [4.69, 9.17) is 11.5 Å². The van der Waals surface area contributed by atoms with Crippen LogP contribution >= 0.6 is 24.8 Å². The summed E-state index contributed by atoms with van der Waals surface area (Å²) in [5.41, 5.74) is 16.3. The number of hydrogen-bond acceptors (Lipinski definition) is 6. The van der Waals surface area contributed by atoms with Crippen LogP contribution in [-0.4, -0.2) is 51.4 Å². The molecule has 0 bridgehead atoms. The molecule has 1 fully saturated rings. The highest BCUT2D eigenvalue weighted by molar-refractivity contribution is 5.91. The number of aryl methyl sites for hydroxylation is 1. The molecule has 2 aromatic carbocycles. The van der Waals surface area contributed by atoms with Crippen LogP contribution < -0.4 is 16.8 Å². The summed E-state index contributed by atoms with van der Waals surface area (Å²) in [6.45, 7) is 0.529. The van der Waals surface area contributed by atoms with Crippen LogP contribution in [0.5, 0.6) is 0 Å². The molecule has 10 heteroatoms. The van der Waals surface area contributed by atoms with Crippen LogP contribution in [0.2, 0.25) is 0 Å². The summed E-state index contributed by atoms with van der Waals surface area (Å²) in [5.74, 6) is -0.333. The predicted octanol–water partition coefficient (Wildman–Crippen LogP) is 3.03. The molecule has 2 aliphatic rings. The first kappa shape index (κ1) is 29.4. The van der Waals surface area contributed by atoms with Gasteiger partial charge in [-0.15, -0.1) is 24.8 Å². The Bertz CT molecular complexity index is 1190. The predicted molar refractivity (Wildman–Crippen MR) is 152 cm³/mol. The molecule has 38 heavy (non-hydrogen) atoms. The molecule has 3 aromatic rings. The zero-order valence-corrected chi connectivity index (χ0v) is 22.7. The third kappa shape index (κ3) is 6.26. The second-order valence-corrected chi connectivity index (χ2v) is 9.66. The number of fused-ring (bicyclic) bond motifs is 1. The number of hydrogen-bond donors (Lipinski definition) is 3. The van der Waals surface area contributed by atoms with E-state index in [9.17, 15) is 9.59 Å². The van der Waals surface area contributed by atoms with Crippen molar-refractivity contribution in [2.24, 2.45) is 5.73 Å². The van der Waals surface area contributed by atoms with Crippen LogP contribution in [0.15, 0.2) is 66.9 Å². The molecule has 0 saturated carbocycles. The van der Waals surface area contributed by atoms with E-state index in [-0.39, 0.29) is 54.5 Å². The van der Waals surface area contributed by atoms with E-state index in [1.807, 2.05) is 60.7 Å². The number of nitrogen functional groups attached to an aromatic ring is 1. The fourth-order valence-corrected chi connectivity index (χ4v) is 5.51. The number of rotatable bonds is 6. The van der Waals surface area contributed by atoms with Gasteiger partial charge in [0.1, 0.15) is 6.04 Å². The molecule has 2 amide bonds. The lowest BCUT2D eigenvalue weighted by Crippen LogP contribution is -2.54. The number of carbonyl (C=O) groups is 2. The van der Waals surface area contributed by atoms with Crippen molar-refractivity contribution in [1.82, 2.24) is 20.2 Å². The highest BCUT2D eigenvalue weighted by Crippen LogP contribution is 2.30. The van der Waals surface area contributed by atoms with E-state index in [0.717, 1.165) is 41.6 Å². The lowest BCUT2D eigenvalue weighted by atomic mass is 9.84. The van der Waals surface area contributed by atoms with Crippen molar-refractivity contribution in [3.8, 4) is 0 Å². The third-order valence-corrected chi connectivity index (χ3v) is 7.32. The molecular formula is C28H34Cl2N6O2. The van der Waals surface area contributed by atoms with Crippen molar-refractivity contribution < 1.29 is 9.59 Å². The van der Waals surface area contributed by atoms with Crippen molar-refractivity contribution in [2.45, 2.75) is 56.1 Å². The number of carbonyl (C=O) groups excluding carboxylic acids is 2. The molecule has 5 rings (SSSR count). The van der Waals surface area contributed by atoms with Crippen LogP contribution in [0.3, 0.4) is 0 Å². The Balaban J connectivity index is 0.00000200. The van der Waals surface area contributed by atoms with E-state index >= 15 is 0 Å². The summed E-state index contributed by atoms with van der Waals surface area (Å²) < 4.78 is 0. The maximum atomic E-state index is 13.7. The molecule has 5 N–H and O–H groups in total. The summed E-state index contributed by atoms with van der Waals surface area (Å²) in [5, 5.41) is 3.17. The number of halogens is 2. The van der Waals surface area contributed by atoms with E-state index in [1.54, 1.807) is 11.1 Å².